The average Bonchev–Trinajstić information content (AvgIpc) is 1.41. The highest BCUT2D eigenvalue weighted by Gasteiger charge is 1.78. The molecule has 0 atom stereocenters. The summed E-state index contributed by atoms with van der Waals surface area (Å²) < 4.78 is 0. The van der Waals surface area contributed by atoms with Crippen molar-refractivity contribution in [1.29, 1.82) is 0 Å². The first-order valence-electron chi connectivity index (χ1n) is 1.53. The Bertz CT molecular complexity index is 18.3. The van der Waals surface area contributed by atoms with Crippen molar-refractivity contribution in [3.05, 3.63) is 0 Å². The van der Waals surface area contributed by atoms with Crippen molar-refractivity contribution in [3.8, 4) is 0 Å². The molecule has 0 aromatic heterocycles. The van der Waals surface area contributed by atoms with Crippen LogP contribution in [0.5, 0.6) is 0 Å². The first kappa shape index (κ1) is 10.4. The van der Waals surface area contributed by atoms with Gasteiger partial charge in [-0.3, -0.25) is 0 Å². The van der Waals surface area contributed by atoms with Crippen LogP contribution in [-0.2, 0) is 11.8 Å². The number of hydrogen-bond acceptors (Lipinski definition) is 0. The lowest BCUT2D eigenvalue weighted by molar-refractivity contribution is -0.00000101. The van der Waals surface area contributed by atoms with Crippen LogP contribution in [0.25, 0.3) is 0 Å². The molecule has 0 saturated carbocycles. The summed E-state index contributed by atoms with van der Waals surface area (Å²) in [6.07, 6.45) is 2.10. The lowest BCUT2D eigenvalue weighted by Crippen LogP contribution is -3.00. The van der Waals surface area contributed by atoms with Gasteiger partial charge in [-0.2, -0.15) is 0 Å². The van der Waals surface area contributed by atoms with E-state index in [1.54, 1.807) is 0 Å². The Hall–Kier alpha value is 1.37. The maximum absolute atomic E-state index is 5.29. The predicted molar refractivity (Wildman–Crippen MR) is 30.3 cm³/mol. The Balaban J connectivity index is 0. The molecule has 0 aliphatic heterocycles. The van der Waals surface area contributed by atoms with Gasteiger partial charge < -0.3 is 24.0 Å². The van der Waals surface area contributed by atoms with Gasteiger partial charge in [0.2, 0.25) is 0 Å². The zero-order chi connectivity index (χ0) is 4.12. The minimum atomic E-state index is 0. The van der Waals surface area contributed by atoms with Crippen LogP contribution >= 0.6 is 11.6 Å². The normalized spacial score (nSPS) is 7.00. The molecule has 3 heteroatoms. The molecule has 0 heterocycles. The Morgan fingerprint density at radius 3 is 2.17 bits per heavy atom. The SMILES string of the molecule is C[SH+]CCCl.[I-]. The zero-order valence-corrected chi connectivity index (χ0v) is 7.43. The molecule has 0 aliphatic carbocycles. The summed E-state index contributed by atoms with van der Waals surface area (Å²) in [7, 11) is 0. The third-order valence-electron chi connectivity index (χ3n) is 0.308. The second-order valence-electron chi connectivity index (χ2n) is 0.729. The molecular formula is C3H8ClIS. The van der Waals surface area contributed by atoms with Crippen molar-refractivity contribution in [2.45, 2.75) is 0 Å². The van der Waals surface area contributed by atoms with Crippen LogP contribution in [0.15, 0.2) is 0 Å². The molecule has 0 aromatic carbocycles. The second kappa shape index (κ2) is 9.62. The molecule has 0 rings (SSSR count). The summed E-state index contributed by atoms with van der Waals surface area (Å²) in [4.78, 5) is 0. The lowest BCUT2D eigenvalue weighted by Gasteiger charge is -1.69. The van der Waals surface area contributed by atoms with E-state index in [2.05, 4.69) is 6.26 Å². The van der Waals surface area contributed by atoms with E-state index >= 15 is 0 Å². The highest BCUT2D eigenvalue weighted by molar-refractivity contribution is 7.77. The number of alkyl halides is 1. The minimum absolute atomic E-state index is 0. The first-order valence-corrected chi connectivity index (χ1v) is 3.59. The van der Waals surface area contributed by atoms with Crippen molar-refractivity contribution < 1.29 is 24.0 Å². The minimum Gasteiger partial charge on any atom is -1.00 e. The van der Waals surface area contributed by atoms with Gasteiger partial charge in [0.1, 0.15) is 5.75 Å². The van der Waals surface area contributed by atoms with Crippen molar-refractivity contribution in [3.63, 3.8) is 0 Å². The van der Waals surface area contributed by atoms with E-state index in [9.17, 15) is 0 Å². The van der Waals surface area contributed by atoms with Crippen LogP contribution in [-0.4, -0.2) is 17.9 Å². The van der Waals surface area contributed by atoms with Crippen molar-refractivity contribution in [1.82, 2.24) is 0 Å². The topological polar surface area (TPSA) is 0 Å². The molecule has 0 bridgehead atoms. The largest absolute Gasteiger partial charge is 1.00 e. The van der Waals surface area contributed by atoms with Gasteiger partial charge in [-0.1, -0.05) is 0 Å². The van der Waals surface area contributed by atoms with Crippen LogP contribution < -0.4 is 24.0 Å². The third-order valence-corrected chi connectivity index (χ3v) is 1.43. The molecule has 0 aromatic rings. The van der Waals surface area contributed by atoms with Crippen molar-refractivity contribution >= 4 is 23.4 Å². The maximum Gasteiger partial charge on any atom is 0.119 e. The summed E-state index contributed by atoms with van der Waals surface area (Å²) in [6.45, 7) is 0. The monoisotopic (exact) mass is 238 g/mol. The fraction of sp³-hybridized carbons (Fsp3) is 1.00. The van der Waals surface area contributed by atoms with Gasteiger partial charge in [-0.15, -0.1) is 11.6 Å². The highest BCUT2D eigenvalue weighted by atomic mass is 127. The van der Waals surface area contributed by atoms with Gasteiger partial charge >= 0.3 is 0 Å². The molecule has 0 fully saturated rings. The standard InChI is InChI=1S/C3H7ClS.HI/c1-5-3-2-4;/h2-3H2,1H3;1H. The van der Waals surface area contributed by atoms with Crippen molar-refractivity contribution in [2.24, 2.45) is 0 Å². The quantitative estimate of drug-likeness (QED) is 0.219. The number of thiol groups is 1. The predicted octanol–water partition coefficient (Wildman–Crippen LogP) is -2.33. The van der Waals surface area contributed by atoms with Crippen LogP contribution in [0.4, 0.5) is 0 Å². The van der Waals surface area contributed by atoms with E-state index < -0.39 is 0 Å². The Labute approximate surface area is 65.0 Å². The Morgan fingerprint density at radius 1 is 1.67 bits per heavy atom. The molecule has 0 saturated heterocycles. The van der Waals surface area contributed by atoms with Crippen molar-refractivity contribution in [2.75, 3.05) is 17.9 Å². The Morgan fingerprint density at radius 2 is 2.17 bits per heavy atom. The molecule has 0 aliphatic rings. The molecule has 40 valence electrons. The third kappa shape index (κ3) is 9.03. The van der Waals surface area contributed by atoms with Gasteiger partial charge in [0.15, 0.2) is 0 Å². The average molecular weight is 239 g/mol. The van der Waals surface area contributed by atoms with Gasteiger partial charge in [0.25, 0.3) is 0 Å². The summed E-state index contributed by atoms with van der Waals surface area (Å²) in [5.41, 5.74) is 0. The van der Waals surface area contributed by atoms with Crippen LogP contribution in [0.2, 0.25) is 0 Å². The molecule has 0 radical (unpaired) electrons. The maximum atomic E-state index is 5.29. The fourth-order valence-corrected chi connectivity index (χ4v) is 0.761. The molecule has 0 spiro atoms. The van der Waals surface area contributed by atoms with E-state index in [0.29, 0.717) is 0 Å². The van der Waals surface area contributed by atoms with Gasteiger partial charge in [-0.05, 0) is 11.8 Å². The molecule has 6 heavy (non-hydrogen) atoms. The van der Waals surface area contributed by atoms with Gasteiger partial charge in [0, 0.05) is 0 Å². The second-order valence-corrected chi connectivity index (χ2v) is 2.19. The van der Waals surface area contributed by atoms with E-state index in [-0.39, 0.29) is 24.0 Å². The summed E-state index contributed by atoms with van der Waals surface area (Å²) in [5.74, 6) is 1.93. The summed E-state index contributed by atoms with van der Waals surface area (Å²) >= 11 is 6.69. The van der Waals surface area contributed by atoms with Crippen LogP contribution in [0.3, 0.4) is 0 Å². The molecule has 0 amide bonds. The van der Waals surface area contributed by atoms with E-state index in [4.69, 9.17) is 11.6 Å². The van der Waals surface area contributed by atoms with E-state index in [0.717, 1.165) is 11.6 Å². The Kier molecular flexibility index (Phi) is 16.6. The van der Waals surface area contributed by atoms with E-state index in [1.807, 2.05) is 0 Å². The number of hydrogen-bond donors (Lipinski definition) is 0. The highest BCUT2D eigenvalue weighted by Crippen LogP contribution is 1.71. The number of halogens is 2. The fourth-order valence-electron chi connectivity index (χ4n) is 0.0845. The summed E-state index contributed by atoms with van der Waals surface area (Å²) in [5, 5.41) is 0. The molecule has 0 unspecified atom stereocenters. The first-order chi connectivity index (χ1) is 2.41. The molecule has 0 N–H and O–H groups in total. The molecular weight excluding hydrogens is 230 g/mol. The summed E-state index contributed by atoms with van der Waals surface area (Å²) in [6, 6.07) is 0. The van der Waals surface area contributed by atoms with Crippen LogP contribution in [0.1, 0.15) is 0 Å². The number of rotatable bonds is 2. The lowest BCUT2D eigenvalue weighted by atomic mass is 11.0. The van der Waals surface area contributed by atoms with E-state index in [1.165, 1.54) is 11.8 Å². The van der Waals surface area contributed by atoms with Gasteiger partial charge in [-0.25, -0.2) is 0 Å². The van der Waals surface area contributed by atoms with Crippen LogP contribution in [0, 0.1) is 0 Å². The smallest absolute Gasteiger partial charge is 0.119 e. The zero-order valence-electron chi connectivity index (χ0n) is 3.62. The van der Waals surface area contributed by atoms with Gasteiger partial charge in [0.05, 0.1) is 12.1 Å². The molecule has 0 nitrogen and oxygen atoms in total.